The van der Waals surface area contributed by atoms with Crippen molar-refractivity contribution >= 4 is 21.6 Å². The molecule has 1 aromatic rings. The summed E-state index contributed by atoms with van der Waals surface area (Å²) in [6.45, 7) is 0.263. The highest BCUT2D eigenvalue weighted by molar-refractivity contribution is 7.90. The molecule has 0 amide bonds. The fourth-order valence-corrected chi connectivity index (χ4v) is 2.83. The lowest BCUT2D eigenvalue weighted by atomic mass is 10.0. The van der Waals surface area contributed by atoms with Gasteiger partial charge in [-0.1, -0.05) is 23.4 Å². The molecule has 0 atom stereocenters. The third-order valence-corrected chi connectivity index (χ3v) is 4.18. The van der Waals surface area contributed by atoms with Crippen LogP contribution in [0.15, 0.2) is 29.4 Å². The van der Waals surface area contributed by atoms with E-state index >= 15 is 0 Å². The minimum absolute atomic E-state index is 0.263. The average molecular weight is 255 g/mol. The number of benzene rings is 1. The molecular formula is C10H13N3O3S. The second-order valence-electron chi connectivity index (χ2n) is 3.60. The molecule has 1 aliphatic rings. The van der Waals surface area contributed by atoms with Crippen molar-refractivity contribution in [3.8, 4) is 0 Å². The topological polar surface area (TPSA) is 82.0 Å². The third kappa shape index (κ3) is 1.98. The van der Waals surface area contributed by atoms with Gasteiger partial charge in [-0.3, -0.25) is 4.31 Å². The van der Waals surface area contributed by atoms with E-state index in [0.717, 1.165) is 0 Å². The summed E-state index contributed by atoms with van der Waals surface area (Å²) in [5.74, 6) is 0. The molecule has 6 nitrogen and oxygen atoms in total. The molecule has 0 spiro atoms. The van der Waals surface area contributed by atoms with Gasteiger partial charge in [0.15, 0.2) is 0 Å². The van der Waals surface area contributed by atoms with Gasteiger partial charge in [-0.25, -0.2) is 4.72 Å². The van der Waals surface area contributed by atoms with Gasteiger partial charge in [0.2, 0.25) is 0 Å². The first kappa shape index (κ1) is 11.9. The molecular weight excluding hydrogens is 242 g/mol. The van der Waals surface area contributed by atoms with Crippen LogP contribution in [0.2, 0.25) is 0 Å². The normalized spacial score (nSPS) is 18.2. The number of anilines is 1. The Hall–Kier alpha value is -1.60. The summed E-state index contributed by atoms with van der Waals surface area (Å²) in [6, 6.07) is 6.95. The van der Waals surface area contributed by atoms with E-state index in [9.17, 15) is 8.42 Å². The lowest BCUT2D eigenvalue weighted by Crippen LogP contribution is -2.43. The molecule has 1 heterocycles. The number of para-hydroxylation sites is 1. The summed E-state index contributed by atoms with van der Waals surface area (Å²) < 4.78 is 27.2. The first-order valence-electron chi connectivity index (χ1n) is 5.11. The van der Waals surface area contributed by atoms with Gasteiger partial charge in [-0.2, -0.15) is 8.42 Å². The van der Waals surface area contributed by atoms with E-state index in [1.807, 2.05) is 0 Å². The van der Waals surface area contributed by atoms with E-state index in [0.29, 0.717) is 23.4 Å². The standard InChI is InChI=1S/C10H13N3O3S/c1-11-17(15,16)13-7-6-9(12-14)8-4-2-3-5-10(8)13/h2-5,11,14H,6-7H2,1H3/b12-9-. The maximum Gasteiger partial charge on any atom is 0.301 e. The second-order valence-corrected chi connectivity index (χ2v) is 5.39. The Morgan fingerprint density at radius 1 is 1.41 bits per heavy atom. The average Bonchev–Trinajstić information content (AvgIpc) is 2.37. The summed E-state index contributed by atoms with van der Waals surface area (Å²) in [6.07, 6.45) is 0.383. The van der Waals surface area contributed by atoms with Crippen molar-refractivity contribution in [2.45, 2.75) is 6.42 Å². The van der Waals surface area contributed by atoms with Gasteiger partial charge in [0.05, 0.1) is 11.4 Å². The molecule has 2 N–H and O–H groups in total. The maximum atomic E-state index is 11.8. The molecule has 17 heavy (non-hydrogen) atoms. The number of nitrogens with zero attached hydrogens (tertiary/aromatic N) is 2. The molecule has 2 rings (SSSR count). The van der Waals surface area contributed by atoms with Crippen LogP contribution in [-0.2, 0) is 10.2 Å². The van der Waals surface area contributed by atoms with E-state index in [2.05, 4.69) is 9.88 Å². The van der Waals surface area contributed by atoms with E-state index in [1.54, 1.807) is 24.3 Å². The van der Waals surface area contributed by atoms with Gasteiger partial charge in [0.1, 0.15) is 0 Å². The lowest BCUT2D eigenvalue weighted by molar-refractivity contribution is 0.318. The molecule has 7 heteroatoms. The Morgan fingerprint density at radius 2 is 2.12 bits per heavy atom. The van der Waals surface area contributed by atoms with E-state index in [1.165, 1.54) is 11.4 Å². The van der Waals surface area contributed by atoms with Crippen molar-refractivity contribution in [3.63, 3.8) is 0 Å². The minimum Gasteiger partial charge on any atom is -0.411 e. The predicted molar refractivity (Wildman–Crippen MR) is 64.7 cm³/mol. The van der Waals surface area contributed by atoms with Gasteiger partial charge < -0.3 is 5.21 Å². The molecule has 0 aliphatic carbocycles. The minimum atomic E-state index is -3.52. The maximum absolute atomic E-state index is 11.8. The van der Waals surface area contributed by atoms with Crippen molar-refractivity contribution in [1.82, 2.24) is 4.72 Å². The summed E-state index contributed by atoms with van der Waals surface area (Å²) in [5, 5.41) is 12.1. The zero-order chi connectivity index (χ0) is 12.5. The van der Waals surface area contributed by atoms with Crippen molar-refractivity contribution in [2.75, 3.05) is 17.9 Å². The summed E-state index contributed by atoms with van der Waals surface area (Å²) in [5.41, 5.74) is 1.67. The quantitative estimate of drug-likeness (QED) is 0.597. The molecule has 0 fully saturated rings. The Bertz CT molecular complexity index is 554. The number of hydrogen-bond donors (Lipinski definition) is 2. The molecule has 1 aliphatic heterocycles. The molecule has 0 saturated heterocycles. The van der Waals surface area contributed by atoms with Gasteiger partial charge in [0, 0.05) is 25.6 Å². The molecule has 0 saturated carbocycles. The zero-order valence-corrected chi connectivity index (χ0v) is 10.1. The van der Waals surface area contributed by atoms with Crippen molar-refractivity contribution in [2.24, 2.45) is 5.16 Å². The highest BCUT2D eigenvalue weighted by atomic mass is 32.2. The largest absolute Gasteiger partial charge is 0.411 e. The Kier molecular flexibility index (Phi) is 3.03. The highest BCUT2D eigenvalue weighted by Crippen LogP contribution is 2.28. The van der Waals surface area contributed by atoms with Gasteiger partial charge in [0.25, 0.3) is 0 Å². The van der Waals surface area contributed by atoms with Crippen LogP contribution in [-0.4, -0.2) is 32.9 Å². The van der Waals surface area contributed by atoms with Crippen molar-refractivity contribution in [1.29, 1.82) is 0 Å². The summed E-state index contributed by atoms with van der Waals surface area (Å²) >= 11 is 0. The molecule has 1 aromatic carbocycles. The molecule has 0 radical (unpaired) electrons. The van der Waals surface area contributed by atoms with E-state index in [-0.39, 0.29) is 6.54 Å². The first-order chi connectivity index (χ1) is 8.10. The monoisotopic (exact) mass is 255 g/mol. The second kappa shape index (κ2) is 4.34. The lowest BCUT2D eigenvalue weighted by Gasteiger charge is -2.30. The molecule has 0 unspecified atom stereocenters. The predicted octanol–water partition coefficient (Wildman–Crippen LogP) is 0.539. The fourth-order valence-electron chi connectivity index (χ4n) is 1.86. The van der Waals surface area contributed by atoms with Crippen LogP contribution in [0, 0.1) is 0 Å². The Balaban J connectivity index is 2.56. The number of hydrogen-bond acceptors (Lipinski definition) is 4. The first-order valence-corrected chi connectivity index (χ1v) is 6.55. The number of fused-ring (bicyclic) bond motifs is 1. The van der Waals surface area contributed by atoms with Crippen molar-refractivity contribution < 1.29 is 13.6 Å². The highest BCUT2D eigenvalue weighted by Gasteiger charge is 2.29. The Labute approximate surface area is 99.7 Å². The summed E-state index contributed by atoms with van der Waals surface area (Å²) in [4.78, 5) is 0. The molecule has 0 aromatic heterocycles. The fraction of sp³-hybridized carbons (Fsp3) is 0.300. The van der Waals surface area contributed by atoms with Crippen LogP contribution in [0.1, 0.15) is 12.0 Å². The van der Waals surface area contributed by atoms with Gasteiger partial charge >= 0.3 is 10.2 Å². The van der Waals surface area contributed by atoms with Crippen LogP contribution in [0.3, 0.4) is 0 Å². The van der Waals surface area contributed by atoms with Crippen LogP contribution < -0.4 is 9.03 Å². The van der Waals surface area contributed by atoms with Crippen LogP contribution in [0.4, 0.5) is 5.69 Å². The third-order valence-electron chi connectivity index (χ3n) is 2.70. The molecule has 0 bridgehead atoms. The van der Waals surface area contributed by atoms with Gasteiger partial charge in [-0.05, 0) is 6.07 Å². The number of rotatable bonds is 2. The van der Waals surface area contributed by atoms with Crippen LogP contribution >= 0.6 is 0 Å². The number of nitrogens with one attached hydrogen (secondary N) is 1. The van der Waals surface area contributed by atoms with Gasteiger partial charge in [-0.15, -0.1) is 0 Å². The Morgan fingerprint density at radius 3 is 2.76 bits per heavy atom. The summed E-state index contributed by atoms with van der Waals surface area (Å²) in [7, 11) is -2.15. The number of oxime groups is 1. The van der Waals surface area contributed by atoms with Crippen LogP contribution in [0.5, 0.6) is 0 Å². The van der Waals surface area contributed by atoms with Crippen LogP contribution in [0.25, 0.3) is 0 Å². The van der Waals surface area contributed by atoms with Crippen molar-refractivity contribution in [3.05, 3.63) is 29.8 Å². The molecule has 92 valence electrons. The van der Waals surface area contributed by atoms with E-state index < -0.39 is 10.2 Å². The van der Waals surface area contributed by atoms with E-state index in [4.69, 9.17) is 5.21 Å². The SMILES string of the molecule is CNS(=O)(=O)N1CC/C(=N/O)c2ccccc21. The zero-order valence-electron chi connectivity index (χ0n) is 9.29. The smallest absolute Gasteiger partial charge is 0.301 e.